The Bertz CT molecular complexity index is 464. The second-order valence-corrected chi connectivity index (χ2v) is 3.61. The molecule has 72 valence electrons. The van der Waals surface area contributed by atoms with Crippen molar-refractivity contribution in [2.75, 3.05) is 11.5 Å². The molecule has 3 N–H and O–H groups in total. The molecule has 0 saturated carbocycles. The standard InChI is InChI=1S/C8H9N5S/c1-2-3-14-8-12-5-6(9)10-4-11-7(5)13-8/h2,4H,1,3H2,(H3,9,10,11,12,13). The molecule has 0 aliphatic rings. The van der Waals surface area contributed by atoms with E-state index in [1.807, 2.05) is 6.08 Å². The summed E-state index contributed by atoms with van der Waals surface area (Å²) in [7, 11) is 0. The van der Waals surface area contributed by atoms with Crippen molar-refractivity contribution in [1.82, 2.24) is 19.9 Å². The number of H-pyrrole nitrogens is 1. The second-order valence-electron chi connectivity index (χ2n) is 2.60. The minimum Gasteiger partial charge on any atom is -0.382 e. The lowest BCUT2D eigenvalue weighted by molar-refractivity contribution is 1.07. The molecule has 0 atom stereocenters. The third-order valence-corrected chi connectivity index (χ3v) is 2.50. The maximum Gasteiger partial charge on any atom is 0.168 e. The number of hydrogen-bond acceptors (Lipinski definition) is 5. The van der Waals surface area contributed by atoms with Crippen molar-refractivity contribution in [3.63, 3.8) is 0 Å². The average molecular weight is 207 g/mol. The van der Waals surface area contributed by atoms with Crippen molar-refractivity contribution < 1.29 is 0 Å². The maximum absolute atomic E-state index is 5.64. The molecule has 6 heteroatoms. The SMILES string of the molecule is C=CCSc1nc2c(N)ncnc2[nH]1. The van der Waals surface area contributed by atoms with Gasteiger partial charge in [-0.2, -0.15) is 0 Å². The Balaban J connectivity index is 2.41. The van der Waals surface area contributed by atoms with E-state index in [2.05, 4.69) is 26.5 Å². The fourth-order valence-electron chi connectivity index (χ4n) is 1.03. The highest BCUT2D eigenvalue weighted by molar-refractivity contribution is 7.99. The molecule has 0 amide bonds. The molecule has 2 rings (SSSR count). The molecule has 14 heavy (non-hydrogen) atoms. The highest BCUT2D eigenvalue weighted by Crippen LogP contribution is 2.20. The van der Waals surface area contributed by atoms with E-state index >= 15 is 0 Å². The number of thioether (sulfide) groups is 1. The zero-order valence-corrected chi connectivity index (χ0v) is 8.21. The molecule has 2 heterocycles. The number of rotatable bonds is 3. The van der Waals surface area contributed by atoms with E-state index < -0.39 is 0 Å². The van der Waals surface area contributed by atoms with Crippen molar-refractivity contribution in [2.24, 2.45) is 0 Å². The first-order chi connectivity index (χ1) is 6.81. The molecule has 2 aromatic heterocycles. The Hall–Kier alpha value is -1.56. The van der Waals surface area contributed by atoms with E-state index in [0.717, 1.165) is 10.9 Å². The van der Waals surface area contributed by atoms with Crippen LogP contribution < -0.4 is 5.73 Å². The summed E-state index contributed by atoms with van der Waals surface area (Å²) >= 11 is 1.55. The van der Waals surface area contributed by atoms with Crippen LogP contribution in [0, 0.1) is 0 Å². The Morgan fingerprint density at radius 2 is 2.43 bits per heavy atom. The van der Waals surface area contributed by atoms with Crippen molar-refractivity contribution in [2.45, 2.75) is 5.16 Å². The smallest absolute Gasteiger partial charge is 0.168 e. The first-order valence-electron chi connectivity index (χ1n) is 4.01. The Labute approximate surface area is 84.8 Å². The van der Waals surface area contributed by atoms with Crippen LogP contribution in [0.3, 0.4) is 0 Å². The van der Waals surface area contributed by atoms with E-state index in [9.17, 15) is 0 Å². The third kappa shape index (κ3) is 1.56. The van der Waals surface area contributed by atoms with Crippen molar-refractivity contribution in [3.8, 4) is 0 Å². The topological polar surface area (TPSA) is 80.5 Å². The quantitative estimate of drug-likeness (QED) is 0.584. The molecular formula is C8H9N5S. The summed E-state index contributed by atoms with van der Waals surface area (Å²) in [5.41, 5.74) is 6.93. The van der Waals surface area contributed by atoms with E-state index in [-0.39, 0.29) is 0 Å². The van der Waals surface area contributed by atoms with Gasteiger partial charge in [-0.25, -0.2) is 15.0 Å². The van der Waals surface area contributed by atoms with Crippen LogP contribution in [0.5, 0.6) is 0 Å². The van der Waals surface area contributed by atoms with Gasteiger partial charge in [0.15, 0.2) is 22.1 Å². The molecule has 0 fully saturated rings. The van der Waals surface area contributed by atoms with Crippen LogP contribution in [0.15, 0.2) is 24.1 Å². The number of aromatic amines is 1. The molecule has 0 aliphatic heterocycles. The first kappa shape index (κ1) is 9.01. The van der Waals surface area contributed by atoms with E-state index in [4.69, 9.17) is 5.73 Å². The van der Waals surface area contributed by atoms with Gasteiger partial charge in [0.05, 0.1) is 0 Å². The molecule has 5 nitrogen and oxygen atoms in total. The first-order valence-corrected chi connectivity index (χ1v) is 4.99. The number of nitrogens with one attached hydrogen (secondary N) is 1. The van der Waals surface area contributed by atoms with E-state index in [1.54, 1.807) is 11.8 Å². The second kappa shape index (κ2) is 3.67. The van der Waals surface area contributed by atoms with Gasteiger partial charge in [-0.15, -0.1) is 6.58 Å². The monoisotopic (exact) mass is 207 g/mol. The lowest BCUT2D eigenvalue weighted by atomic mass is 10.5. The van der Waals surface area contributed by atoms with Gasteiger partial charge >= 0.3 is 0 Å². The summed E-state index contributed by atoms with van der Waals surface area (Å²) in [5, 5.41) is 0.784. The third-order valence-electron chi connectivity index (χ3n) is 1.63. The lowest BCUT2D eigenvalue weighted by Gasteiger charge is -1.88. The van der Waals surface area contributed by atoms with Crippen LogP contribution in [0.2, 0.25) is 0 Å². The van der Waals surface area contributed by atoms with Crippen LogP contribution in [0.1, 0.15) is 0 Å². The van der Waals surface area contributed by atoms with Crippen molar-refractivity contribution in [1.29, 1.82) is 0 Å². The molecule has 0 aromatic carbocycles. The predicted molar refractivity (Wildman–Crippen MR) is 57.0 cm³/mol. The lowest BCUT2D eigenvalue weighted by Crippen LogP contribution is -1.91. The summed E-state index contributed by atoms with van der Waals surface area (Å²) in [5.74, 6) is 1.20. The molecule has 2 aromatic rings. The van der Waals surface area contributed by atoms with Gasteiger partial charge in [-0.1, -0.05) is 17.8 Å². The predicted octanol–water partition coefficient (Wildman–Crippen LogP) is 1.21. The Morgan fingerprint density at radius 1 is 1.57 bits per heavy atom. The molecule has 0 aliphatic carbocycles. The van der Waals surface area contributed by atoms with Gasteiger partial charge in [-0.05, 0) is 0 Å². The summed E-state index contributed by atoms with van der Waals surface area (Å²) in [6, 6.07) is 0. The van der Waals surface area contributed by atoms with Crippen LogP contribution in [0.4, 0.5) is 5.82 Å². The Kier molecular flexibility index (Phi) is 2.36. The number of nitrogen functional groups attached to an aromatic ring is 1. The van der Waals surface area contributed by atoms with Crippen LogP contribution in [-0.4, -0.2) is 25.7 Å². The molecule has 0 bridgehead atoms. The number of hydrogen-bond donors (Lipinski definition) is 2. The number of imidazole rings is 1. The molecule has 0 saturated heterocycles. The Morgan fingerprint density at radius 3 is 3.14 bits per heavy atom. The van der Waals surface area contributed by atoms with Crippen molar-refractivity contribution >= 4 is 28.7 Å². The molecule has 0 spiro atoms. The van der Waals surface area contributed by atoms with Gasteiger partial charge < -0.3 is 10.7 Å². The number of aromatic nitrogens is 4. The van der Waals surface area contributed by atoms with Crippen LogP contribution >= 0.6 is 11.8 Å². The zero-order valence-electron chi connectivity index (χ0n) is 7.40. The van der Waals surface area contributed by atoms with E-state index in [0.29, 0.717) is 17.0 Å². The highest BCUT2D eigenvalue weighted by atomic mass is 32.2. The van der Waals surface area contributed by atoms with Crippen LogP contribution in [-0.2, 0) is 0 Å². The largest absolute Gasteiger partial charge is 0.382 e. The molecular weight excluding hydrogens is 198 g/mol. The zero-order chi connectivity index (χ0) is 9.97. The van der Waals surface area contributed by atoms with Gasteiger partial charge in [0.25, 0.3) is 0 Å². The summed E-state index contributed by atoms with van der Waals surface area (Å²) in [6.45, 7) is 3.63. The molecule has 0 radical (unpaired) electrons. The van der Waals surface area contributed by atoms with Gasteiger partial charge in [0, 0.05) is 5.75 Å². The van der Waals surface area contributed by atoms with Gasteiger partial charge in [-0.3, -0.25) is 0 Å². The minimum atomic E-state index is 0.400. The van der Waals surface area contributed by atoms with Gasteiger partial charge in [0.2, 0.25) is 0 Å². The number of nitrogens with zero attached hydrogens (tertiary/aromatic N) is 3. The van der Waals surface area contributed by atoms with Gasteiger partial charge in [0.1, 0.15) is 6.33 Å². The number of fused-ring (bicyclic) bond motifs is 1. The fraction of sp³-hybridized carbons (Fsp3) is 0.125. The van der Waals surface area contributed by atoms with Crippen LogP contribution in [0.25, 0.3) is 11.2 Å². The molecule has 0 unspecified atom stereocenters. The number of nitrogens with two attached hydrogens (primary N) is 1. The minimum absolute atomic E-state index is 0.400. The van der Waals surface area contributed by atoms with E-state index in [1.165, 1.54) is 6.33 Å². The normalized spacial score (nSPS) is 10.6. The fourth-order valence-corrected chi connectivity index (χ4v) is 1.63. The maximum atomic E-state index is 5.64. The summed E-state index contributed by atoms with van der Waals surface area (Å²) in [6.07, 6.45) is 3.23. The van der Waals surface area contributed by atoms with Crippen molar-refractivity contribution in [3.05, 3.63) is 19.0 Å². The average Bonchev–Trinajstić information content (AvgIpc) is 2.59. The summed E-state index contributed by atoms with van der Waals surface area (Å²) in [4.78, 5) is 15.2. The summed E-state index contributed by atoms with van der Waals surface area (Å²) < 4.78 is 0. The number of anilines is 1. The highest BCUT2D eigenvalue weighted by Gasteiger charge is 2.06.